The Morgan fingerprint density at radius 3 is 2.31 bits per heavy atom. The van der Waals surface area contributed by atoms with Crippen LogP contribution in [-0.4, -0.2) is 93.6 Å². The number of aromatic amines is 2. The SMILES string of the molecule is CCCN(Cc1ncc(-c2ccc3c(c2)COc2cc4c(ccc5nc(CN(C(=O)CNC(=O)OC)C(CC)CC)[nH]c54)cc2-3)[nH]1)C(=O)CNC(=O)OC. The molecule has 6 rings (SSSR count). The molecule has 3 heterocycles. The minimum Gasteiger partial charge on any atom is -0.488 e. The van der Waals surface area contributed by atoms with Gasteiger partial charge in [-0.15, -0.1) is 0 Å². The van der Waals surface area contributed by atoms with Crippen LogP contribution in [0.1, 0.15) is 57.2 Å². The van der Waals surface area contributed by atoms with Crippen molar-refractivity contribution in [3.05, 3.63) is 65.9 Å². The summed E-state index contributed by atoms with van der Waals surface area (Å²) in [6.45, 7) is 7.17. The zero-order valence-electron chi connectivity index (χ0n) is 31.2. The highest BCUT2D eigenvalue weighted by Crippen LogP contribution is 2.42. The number of methoxy groups -OCH3 is 2. The molecular weight excluding hydrogens is 692 g/mol. The number of rotatable bonds is 14. The van der Waals surface area contributed by atoms with Crippen molar-refractivity contribution in [2.24, 2.45) is 0 Å². The van der Waals surface area contributed by atoms with E-state index in [-0.39, 0.29) is 44.0 Å². The van der Waals surface area contributed by atoms with Gasteiger partial charge in [0.15, 0.2) is 0 Å². The first-order chi connectivity index (χ1) is 26.2. The standard InChI is InChI=1S/C39H46N8O7/c1-6-13-46(35(48)18-41-38(50)52-4)20-33-40-17-31(44-33)24-9-11-27-25(14-24)22-54-32-16-28-23(15-29(27)32)10-12-30-37(28)45-34(43-30)21-47(26(7-2)8-3)36(49)19-42-39(51)53-5/h9-12,14-17,26H,6-8,13,18-22H2,1-5H3,(H,40,44)(H,41,50)(H,42,51)(H,43,45). The van der Waals surface area contributed by atoms with Crippen molar-refractivity contribution in [3.8, 4) is 28.1 Å². The average molecular weight is 739 g/mol. The number of nitrogens with one attached hydrogen (secondary N) is 4. The Bertz CT molecular complexity index is 2170. The third-order valence-electron chi connectivity index (χ3n) is 9.69. The van der Waals surface area contributed by atoms with Crippen molar-refractivity contribution < 1.29 is 33.4 Å². The van der Waals surface area contributed by atoms with Crippen LogP contribution < -0.4 is 15.4 Å². The third-order valence-corrected chi connectivity index (χ3v) is 9.69. The van der Waals surface area contributed by atoms with Crippen LogP contribution in [-0.2, 0) is 38.8 Å². The molecule has 0 fully saturated rings. The summed E-state index contributed by atoms with van der Waals surface area (Å²) in [4.78, 5) is 68.7. The molecule has 15 heteroatoms. The zero-order valence-corrected chi connectivity index (χ0v) is 31.2. The minimum atomic E-state index is -0.657. The Labute approximate surface area is 312 Å². The van der Waals surface area contributed by atoms with Crippen molar-refractivity contribution in [1.82, 2.24) is 40.4 Å². The molecular formula is C39H46N8O7. The normalized spacial score (nSPS) is 11.8. The fourth-order valence-corrected chi connectivity index (χ4v) is 6.88. The van der Waals surface area contributed by atoms with Crippen molar-refractivity contribution in [2.45, 2.75) is 65.8 Å². The molecule has 0 atom stereocenters. The topological polar surface area (TPSA) is 184 Å². The van der Waals surface area contributed by atoms with Crippen molar-refractivity contribution in [3.63, 3.8) is 0 Å². The molecule has 0 unspecified atom stereocenters. The molecule has 0 spiro atoms. The van der Waals surface area contributed by atoms with Crippen molar-refractivity contribution in [1.29, 1.82) is 0 Å². The molecule has 1 aliphatic rings. The molecule has 0 aliphatic carbocycles. The van der Waals surface area contributed by atoms with Crippen LogP contribution in [0.15, 0.2) is 48.7 Å². The molecule has 15 nitrogen and oxygen atoms in total. The molecule has 4 amide bonds. The van der Waals surface area contributed by atoms with Crippen LogP contribution in [0.3, 0.4) is 0 Å². The molecule has 4 N–H and O–H groups in total. The quantitative estimate of drug-likeness (QED) is 0.112. The second-order valence-corrected chi connectivity index (χ2v) is 13.1. The van der Waals surface area contributed by atoms with Crippen molar-refractivity contribution >= 4 is 45.8 Å². The molecule has 0 saturated carbocycles. The summed E-state index contributed by atoms with van der Waals surface area (Å²) in [7, 11) is 2.52. The Hall–Kier alpha value is -6.12. The Balaban J connectivity index is 1.22. The summed E-state index contributed by atoms with van der Waals surface area (Å²) in [6, 6.07) is 14.4. The number of hydrogen-bond acceptors (Lipinski definition) is 9. The van der Waals surface area contributed by atoms with Gasteiger partial charge >= 0.3 is 12.2 Å². The van der Waals surface area contributed by atoms with E-state index in [1.54, 1.807) is 16.0 Å². The van der Waals surface area contributed by atoms with Crippen LogP contribution >= 0.6 is 0 Å². The molecule has 284 valence electrons. The van der Waals surface area contributed by atoms with E-state index in [1.165, 1.54) is 14.2 Å². The maximum atomic E-state index is 13.2. The van der Waals surface area contributed by atoms with E-state index in [0.717, 1.165) is 74.8 Å². The molecule has 0 radical (unpaired) electrons. The predicted octanol–water partition coefficient (Wildman–Crippen LogP) is 5.63. The summed E-state index contributed by atoms with van der Waals surface area (Å²) in [5.41, 5.74) is 6.48. The Kier molecular flexibility index (Phi) is 11.6. The van der Waals surface area contributed by atoms with E-state index in [2.05, 4.69) is 53.3 Å². The lowest BCUT2D eigenvalue weighted by Crippen LogP contribution is -2.45. The number of H-pyrrole nitrogens is 2. The molecule has 54 heavy (non-hydrogen) atoms. The van der Waals surface area contributed by atoms with Gasteiger partial charge in [0.25, 0.3) is 0 Å². The van der Waals surface area contributed by atoms with Gasteiger partial charge in [0.2, 0.25) is 11.8 Å². The van der Waals surface area contributed by atoms with Crippen LogP contribution in [0.5, 0.6) is 5.75 Å². The number of alkyl carbamates (subject to hydrolysis) is 2. The summed E-state index contributed by atoms with van der Waals surface area (Å²) in [5, 5.41) is 6.91. The van der Waals surface area contributed by atoms with E-state index in [9.17, 15) is 19.2 Å². The van der Waals surface area contributed by atoms with E-state index in [0.29, 0.717) is 24.8 Å². The number of imidazole rings is 2. The van der Waals surface area contributed by atoms with Crippen molar-refractivity contribution in [2.75, 3.05) is 33.9 Å². The fraction of sp³-hybridized carbons (Fsp3) is 0.385. The number of aromatic nitrogens is 4. The van der Waals surface area contributed by atoms with E-state index in [4.69, 9.17) is 9.72 Å². The number of hydrogen-bond donors (Lipinski definition) is 4. The average Bonchev–Trinajstić information content (AvgIpc) is 3.84. The number of ether oxygens (including phenoxy) is 3. The van der Waals surface area contributed by atoms with E-state index in [1.807, 2.05) is 45.0 Å². The smallest absolute Gasteiger partial charge is 0.407 e. The van der Waals surface area contributed by atoms with Crippen LogP contribution in [0.25, 0.3) is 44.2 Å². The number of nitrogens with zero attached hydrogens (tertiary/aromatic N) is 4. The van der Waals surface area contributed by atoms with Gasteiger partial charge in [0, 0.05) is 23.5 Å². The maximum Gasteiger partial charge on any atom is 0.407 e. The number of carbonyl (C=O) groups excluding carboxylic acids is 4. The summed E-state index contributed by atoms with van der Waals surface area (Å²) < 4.78 is 15.5. The molecule has 5 aromatic rings. The first-order valence-electron chi connectivity index (χ1n) is 18.1. The number of amides is 4. The number of benzene rings is 3. The lowest BCUT2D eigenvalue weighted by Gasteiger charge is -2.30. The van der Waals surface area contributed by atoms with E-state index < -0.39 is 12.2 Å². The highest BCUT2D eigenvalue weighted by molar-refractivity contribution is 6.07. The second-order valence-electron chi connectivity index (χ2n) is 13.1. The number of carbonyl (C=O) groups is 4. The maximum absolute atomic E-state index is 13.2. The zero-order chi connectivity index (χ0) is 38.4. The third kappa shape index (κ3) is 8.09. The lowest BCUT2D eigenvalue weighted by atomic mass is 9.92. The van der Waals surface area contributed by atoms with Gasteiger partial charge in [-0.25, -0.2) is 19.6 Å². The summed E-state index contributed by atoms with van der Waals surface area (Å²) in [5.74, 6) is 1.60. The first kappa shape index (κ1) is 37.6. The molecule has 1 aliphatic heterocycles. The van der Waals surface area contributed by atoms with E-state index >= 15 is 0 Å². The van der Waals surface area contributed by atoms with Gasteiger partial charge in [0.1, 0.15) is 37.1 Å². The Morgan fingerprint density at radius 2 is 1.61 bits per heavy atom. The second kappa shape index (κ2) is 16.7. The van der Waals surface area contributed by atoms with Crippen LogP contribution in [0.2, 0.25) is 0 Å². The minimum absolute atomic E-state index is 0.0202. The molecule has 0 saturated heterocycles. The highest BCUT2D eigenvalue weighted by atomic mass is 16.5. The monoisotopic (exact) mass is 738 g/mol. The molecule has 0 bridgehead atoms. The molecule has 3 aromatic carbocycles. The van der Waals surface area contributed by atoms with Gasteiger partial charge in [-0.3, -0.25) is 9.59 Å². The fourth-order valence-electron chi connectivity index (χ4n) is 6.88. The van der Waals surface area contributed by atoms with Gasteiger partial charge < -0.3 is 44.6 Å². The van der Waals surface area contributed by atoms with Gasteiger partial charge in [-0.05, 0) is 65.6 Å². The lowest BCUT2D eigenvalue weighted by molar-refractivity contribution is -0.133. The highest BCUT2D eigenvalue weighted by Gasteiger charge is 2.25. The summed E-state index contributed by atoms with van der Waals surface area (Å²) >= 11 is 0. The van der Waals surface area contributed by atoms with Gasteiger partial charge in [0.05, 0.1) is 50.2 Å². The van der Waals surface area contributed by atoms with Crippen LogP contribution in [0.4, 0.5) is 9.59 Å². The predicted molar refractivity (Wildman–Crippen MR) is 202 cm³/mol. The summed E-state index contributed by atoms with van der Waals surface area (Å²) in [6.07, 6.45) is 2.72. The van der Waals surface area contributed by atoms with Gasteiger partial charge in [-0.1, -0.05) is 39.0 Å². The number of fused-ring (bicyclic) bond motifs is 6. The van der Waals surface area contributed by atoms with Gasteiger partial charge in [-0.2, -0.15) is 0 Å². The van der Waals surface area contributed by atoms with Crippen LogP contribution in [0, 0.1) is 0 Å². The molecule has 2 aromatic heterocycles. The largest absolute Gasteiger partial charge is 0.488 e. The first-order valence-corrected chi connectivity index (χ1v) is 18.1. The Morgan fingerprint density at radius 1 is 0.870 bits per heavy atom.